The Labute approximate surface area is 272 Å². The Morgan fingerprint density at radius 2 is 1.77 bits per heavy atom. The van der Waals surface area contributed by atoms with Gasteiger partial charge in [-0.1, -0.05) is 18.2 Å². The fraction of sp³-hybridized carbons (Fsp3) is 0.286. The molecule has 2 heterocycles. The molecule has 1 N–H and O–H groups in total. The topological polar surface area (TPSA) is 95.9 Å². The first-order valence-corrected chi connectivity index (χ1v) is 14.9. The SMILES string of the molecule is CCOC(=O)C[C@@H]1NC(=O)[C@@H](n2ccc(C(F)(F)F)c(OC)c2=O)c2cc(ccc2F)COc2cccc(C)c2-c2cc(C)c(F)c1c2. The van der Waals surface area contributed by atoms with E-state index in [4.69, 9.17) is 14.2 Å². The molecule has 48 heavy (non-hydrogen) atoms. The lowest BCUT2D eigenvalue weighted by Gasteiger charge is -2.27. The van der Waals surface area contributed by atoms with Crippen LogP contribution in [0.3, 0.4) is 0 Å². The minimum absolute atomic E-state index is 0.0215. The number of carbonyl (C=O) groups excluding carboxylic acids is 2. The highest BCUT2D eigenvalue weighted by molar-refractivity contribution is 5.85. The number of hydrogen-bond donors (Lipinski definition) is 1. The molecule has 8 nitrogen and oxygen atoms in total. The van der Waals surface area contributed by atoms with Crippen molar-refractivity contribution in [3.8, 4) is 22.6 Å². The van der Waals surface area contributed by atoms with Gasteiger partial charge in [-0.2, -0.15) is 13.2 Å². The predicted molar refractivity (Wildman–Crippen MR) is 165 cm³/mol. The summed E-state index contributed by atoms with van der Waals surface area (Å²) >= 11 is 0. The Morgan fingerprint density at radius 3 is 2.46 bits per heavy atom. The lowest BCUT2D eigenvalue weighted by atomic mass is 9.91. The van der Waals surface area contributed by atoms with Gasteiger partial charge in [-0.25, -0.2) is 8.78 Å². The van der Waals surface area contributed by atoms with Crippen molar-refractivity contribution in [2.24, 2.45) is 0 Å². The number of halogens is 5. The number of amides is 1. The van der Waals surface area contributed by atoms with Crippen molar-refractivity contribution in [2.75, 3.05) is 13.7 Å². The average molecular weight is 671 g/mol. The maximum atomic E-state index is 16.0. The number of benzene rings is 3. The fourth-order valence-corrected chi connectivity index (χ4v) is 5.83. The summed E-state index contributed by atoms with van der Waals surface area (Å²) in [6.07, 6.45) is -4.86. The van der Waals surface area contributed by atoms with Crippen molar-refractivity contribution in [1.29, 1.82) is 0 Å². The van der Waals surface area contributed by atoms with Crippen LogP contribution in [0.15, 0.2) is 65.6 Å². The molecule has 1 aliphatic rings. The first-order valence-electron chi connectivity index (χ1n) is 14.9. The van der Waals surface area contributed by atoms with Crippen molar-refractivity contribution in [2.45, 2.75) is 52.1 Å². The number of carbonyl (C=O) groups is 2. The van der Waals surface area contributed by atoms with Crippen LogP contribution in [0.25, 0.3) is 11.1 Å². The molecule has 1 aromatic heterocycles. The van der Waals surface area contributed by atoms with Gasteiger partial charge in [0, 0.05) is 22.9 Å². The Balaban J connectivity index is 1.80. The Morgan fingerprint density at radius 1 is 1.02 bits per heavy atom. The van der Waals surface area contributed by atoms with Crippen LogP contribution >= 0.6 is 0 Å². The van der Waals surface area contributed by atoms with Crippen LogP contribution in [0.1, 0.15) is 58.8 Å². The normalized spacial score (nSPS) is 16.2. The van der Waals surface area contributed by atoms with Crippen LogP contribution in [-0.4, -0.2) is 30.2 Å². The molecule has 0 saturated carbocycles. The summed E-state index contributed by atoms with van der Waals surface area (Å²) in [6.45, 7) is 4.74. The average Bonchev–Trinajstić information content (AvgIpc) is 3.02. The molecule has 1 aliphatic heterocycles. The van der Waals surface area contributed by atoms with E-state index in [1.165, 1.54) is 25.1 Å². The van der Waals surface area contributed by atoms with E-state index in [1.807, 2.05) is 13.0 Å². The number of rotatable bonds is 5. The zero-order valence-electron chi connectivity index (χ0n) is 26.3. The van der Waals surface area contributed by atoms with Gasteiger partial charge in [-0.15, -0.1) is 0 Å². The Hall–Kier alpha value is -5.20. The molecule has 0 spiro atoms. The van der Waals surface area contributed by atoms with E-state index in [-0.39, 0.29) is 24.3 Å². The summed E-state index contributed by atoms with van der Waals surface area (Å²) < 4.78 is 89.6. The molecule has 0 radical (unpaired) electrons. The minimum atomic E-state index is -4.99. The van der Waals surface area contributed by atoms with Gasteiger partial charge in [-0.3, -0.25) is 19.0 Å². The van der Waals surface area contributed by atoms with Gasteiger partial charge in [0.1, 0.15) is 35.6 Å². The van der Waals surface area contributed by atoms with Gasteiger partial charge in [0.15, 0.2) is 5.75 Å². The van der Waals surface area contributed by atoms with Crippen molar-refractivity contribution in [3.05, 3.63) is 116 Å². The molecule has 0 saturated heterocycles. The standard InChI is InChI=1S/C35H31F5N2O6/c1-5-47-28(43)16-26-23-15-21(13-19(3)30(23)37)29-18(2)7-6-8-27(29)48-17-20-9-10-25(36)22(14-20)31(33(44)41-26)42-12-11-24(35(38,39)40)32(46-4)34(42)45/h6-15,26,31H,5,16-17H2,1-4H3,(H,41,44)/t26-,31-/m0/s1. The number of esters is 1. The van der Waals surface area contributed by atoms with Crippen LogP contribution in [0, 0.1) is 25.5 Å². The highest BCUT2D eigenvalue weighted by Crippen LogP contribution is 2.39. The van der Waals surface area contributed by atoms with Crippen LogP contribution in [0.4, 0.5) is 22.0 Å². The second-order valence-corrected chi connectivity index (χ2v) is 11.2. The highest BCUT2D eigenvalue weighted by atomic mass is 19.4. The summed E-state index contributed by atoms with van der Waals surface area (Å²) in [5.41, 5.74) is -0.881. The zero-order valence-corrected chi connectivity index (χ0v) is 26.3. The lowest BCUT2D eigenvalue weighted by Crippen LogP contribution is -2.41. The van der Waals surface area contributed by atoms with E-state index >= 15 is 8.78 Å². The van der Waals surface area contributed by atoms with Gasteiger partial charge < -0.3 is 19.5 Å². The first-order chi connectivity index (χ1) is 22.7. The molecule has 3 aromatic carbocycles. The first kappa shape index (κ1) is 34.1. The quantitative estimate of drug-likeness (QED) is 0.187. The molecule has 1 amide bonds. The number of alkyl halides is 3. The molecule has 252 valence electrons. The number of nitrogens with one attached hydrogen (secondary N) is 1. The molecule has 0 unspecified atom stereocenters. The third-order valence-corrected chi connectivity index (χ3v) is 8.03. The second-order valence-electron chi connectivity index (χ2n) is 11.2. The molecular weight excluding hydrogens is 639 g/mol. The van der Waals surface area contributed by atoms with Crippen LogP contribution < -0.4 is 20.3 Å². The fourth-order valence-electron chi connectivity index (χ4n) is 5.83. The summed E-state index contributed by atoms with van der Waals surface area (Å²) in [5, 5.41) is 2.57. The second kappa shape index (κ2) is 13.5. The van der Waals surface area contributed by atoms with Crippen molar-refractivity contribution < 1.29 is 45.8 Å². The molecule has 13 heteroatoms. The van der Waals surface area contributed by atoms with Gasteiger partial charge in [0.2, 0.25) is 5.91 Å². The third kappa shape index (κ3) is 6.62. The number of aryl methyl sites for hydroxylation is 2. The van der Waals surface area contributed by atoms with Crippen molar-refractivity contribution in [1.82, 2.24) is 9.88 Å². The van der Waals surface area contributed by atoms with E-state index in [1.54, 1.807) is 25.1 Å². The third-order valence-electron chi connectivity index (χ3n) is 8.03. The number of pyridine rings is 1. The van der Waals surface area contributed by atoms with Crippen molar-refractivity contribution in [3.63, 3.8) is 0 Å². The van der Waals surface area contributed by atoms with E-state index < -0.39 is 70.6 Å². The van der Waals surface area contributed by atoms with Crippen LogP contribution in [0.2, 0.25) is 0 Å². The summed E-state index contributed by atoms with van der Waals surface area (Å²) in [4.78, 5) is 40.6. The summed E-state index contributed by atoms with van der Waals surface area (Å²) in [6, 6.07) is 9.19. The molecule has 0 aliphatic carbocycles. The van der Waals surface area contributed by atoms with Crippen LogP contribution in [0.5, 0.6) is 11.5 Å². The van der Waals surface area contributed by atoms with Gasteiger partial charge >= 0.3 is 12.1 Å². The number of methoxy groups -OCH3 is 1. The maximum Gasteiger partial charge on any atom is 0.420 e. The monoisotopic (exact) mass is 670 g/mol. The molecule has 4 aromatic rings. The molecular formula is C35H31F5N2O6. The smallest absolute Gasteiger partial charge is 0.420 e. The minimum Gasteiger partial charge on any atom is -0.491 e. The highest BCUT2D eigenvalue weighted by Gasteiger charge is 2.38. The van der Waals surface area contributed by atoms with Gasteiger partial charge in [-0.05, 0) is 79.4 Å². The molecule has 2 atom stereocenters. The Bertz CT molecular complexity index is 1960. The van der Waals surface area contributed by atoms with E-state index in [0.29, 0.717) is 39.3 Å². The van der Waals surface area contributed by atoms with E-state index in [2.05, 4.69) is 5.32 Å². The van der Waals surface area contributed by atoms with Crippen molar-refractivity contribution >= 4 is 11.9 Å². The number of nitrogens with zero attached hydrogens (tertiary/aromatic N) is 1. The number of fused-ring (bicyclic) bond motifs is 6. The number of aromatic nitrogens is 1. The molecule has 5 rings (SSSR count). The van der Waals surface area contributed by atoms with Gasteiger partial charge in [0.25, 0.3) is 5.56 Å². The lowest BCUT2D eigenvalue weighted by molar-refractivity contribution is -0.144. The van der Waals surface area contributed by atoms with Crippen LogP contribution in [-0.2, 0) is 27.1 Å². The molecule has 0 fully saturated rings. The van der Waals surface area contributed by atoms with Gasteiger partial charge in [0.05, 0.1) is 26.2 Å². The van der Waals surface area contributed by atoms with E-state index in [0.717, 1.165) is 18.7 Å². The zero-order chi connectivity index (χ0) is 34.9. The Kier molecular flexibility index (Phi) is 9.60. The maximum absolute atomic E-state index is 16.0. The molecule has 4 bridgehead atoms. The predicted octanol–water partition coefficient (Wildman–Crippen LogP) is 6.73. The summed E-state index contributed by atoms with van der Waals surface area (Å²) in [7, 11) is 0.857. The largest absolute Gasteiger partial charge is 0.491 e. The summed E-state index contributed by atoms with van der Waals surface area (Å²) in [5.74, 6) is -4.37. The number of hydrogen-bond acceptors (Lipinski definition) is 6. The number of ether oxygens (including phenoxy) is 3. The van der Waals surface area contributed by atoms with E-state index in [9.17, 15) is 27.6 Å².